The van der Waals surface area contributed by atoms with E-state index in [0.717, 1.165) is 63.2 Å². The highest BCUT2D eigenvalue weighted by atomic mass is 16.5. The Kier molecular flexibility index (Phi) is 7.77. The maximum Gasteiger partial charge on any atom is 0.330 e. The number of amides is 1. The molecule has 0 saturated carbocycles. The number of unbranched alkanes of at least 4 members (excludes halogenated alkanes) is 1. The highest BCUT2D eigenvalue weighted by molar-refractivity contribution is 5.95. The molecule has 1 unspecified atom stereocenters. The quantitative estimate of drug-likeness (QED) is 0.410. The Morgan fingerprint density at radius 2 is 2.14 bits per heavy atom. The van der Waals surface area contributed by atoms with Gasteiger partial charge < -0.3 is 19.9 Å². The van der Waals surface area contributed by atoms with Crippen molar-refractivity contribution in [2.24, 2.45) is 5.92 Å². The zero-order valence-corrected chi connectivity index (χ0v) is 17.5. The molecule has 0 aliphatic carbocycles. The van der Waals surface area contributed by atoms with E-state index < -0.39 is 0 Å². The number of fused-ring (bicyclic) bond motifs is 1. The number of hydrogen-bond acceptors (Lipinski definition) is 6. The van der Waals surface area contributed by atoms with Crippen LogP contribution in [0.3, 0.4) is 0 Å². The van der Waals surface area contributed by atoms with Gasteiger partial charge in [-0.15, -0.1) is 0 Å². The Bertz CT molecular complexity index is 742. The molecule has 29 heavy (non-hydrogen) atoms. The van der Waals surface area contributed by atoms with Crippen LogP contribution in [-0.4, -0.2) is 73.0 Å². The molecule has 0 spiro atoms. The zero-order chi connectivity index (χ0) is 20.6. The number of rotatable bonds is 8. The number of ether oxygens (including phenoxy) is 1. The number of aromatic nitrogens is 1. The Balaban J connectivity index is 1.55. The number of hydrogen-bond donors (Lipinski definition) is 1. The number of pyridine rings is 1. The molecule has 0 bridgehead atoms. The van der Waals surface area contributed by atoms with Crippen LogP contribution in [0.25, 0.3) is 6.08 Å². The van der Waals surface area contributed by atoms with Gasteiger partial charge in [-0.05, 0) is 50.6 Å². The van der Waals surface area contributed by atoms with Crippen molar-refractivity contribution in [2.75, 3.05) is 51.7 Å². The molecule has 158 valence electrons. The lowest BCUT2D eigenvalue weighted by Crippen LogP contribution is -2.45. The monoisotopic (exact) mass is 400 g/mol. The Hall–Kier alpha value is -2.25. The third-order valence-corrected chi connectivity index (χ3v) is 5.63. The first-order valence-corrected chi connectivity index (χ1v) is 10.6. The fourth-order valence-corrected chi connectivity index (χ4v) is 3.64. The number of nitrogens with zero attached hydrogens (tertiary/aromatic N) is 3. The summed E-state index contributed by atoms with van der Waals surface area (Å²) < 4.78 is 5.13. The average molecular weight is 401 g/mol. The average Bonchev–Trinajstić information content (AvgIpc) is 2.72. The van der Waals surface area contributed by atoms with Gasteiger partial charge >= 0.3 is 5.97 Å². The van der Waals surface area contributed by atoms with E-state index in [2.05, 4.69) is 34.1 Å². The number of nitrogens with one attached hydrogen (secondary N) is 1. The number of piperazine rings is 1. The summed E-state index contributed by atoms with van der Waals surface area (Å²) in [5, 5.41) is 2.99. The molecule has 7 nitrogen and oxygen atoms in total. The van der Waals surface area contributed by atoms with E-state index in [-0.39, 0.29) is 17.8 Å². The fraction of sp³-hybridized carbons (Fsp3) is 0.591. The smallest absolute Gasteiger partial charge is 0.330 e. The highest BCUT2D eigenvalue weighted by Crippen LogP contribution is 2.27. The van der Waals surface area contributed by atoms with Gasteiger partial charge in [0, 0.05) is 38.2 Å². The van der Waals surface area contributed by atoms with E-state index >= 15 is 0 Å². The minimum Gasteiger partial charge on any atom is -0.463 e. The topological polar surface area (TPSA) is 74.8 Å². The minimum absolute atomic E-state index is 0.0274. The fourth-order valence-electron chi connectivity index (χ4n) is 3.64. The number of carbonyl (C=O) groups excluding carboxylic acids is 2. The maximum absolute atomic E-state index is 12.5. The Morgan fingerprint density at radius 1 is 1.34 bits per heavy atom. The second kappa shape index (κ2) is 10.5. The molecule has 1 N–H and O–H groups in total. The van der Waals surface area contributed by atoms with Crippen molar-refractivity contribution in [3.05, 3.63) is 29.6 Å². The van der Waals surface area contributed by atoms with E-state index in [1.54, 1.807) is 12.3 Å². The molecule has 1 fully saturated rings. The summed E-state index contributed by atoms with van der Waals surface area (Å²) in [7, 11) is 2.15. The number of likely N-dealkylation sites (N-methyl/N-ethyl adjacent to an activating group) is 1. The first kappa shape index (κ1) is 21.5. The third kappa shape index (κ3) is 6.37. The first-order valence-electron chi connectivity index (χ1n) is 10.6. The molecule has 1 amide bonds. The van der Waals surface area contributed by atoms with Gasteiger partial charge in [0.05, 0.1) is 24.2 Å². The van der Waals surface area contributed by atoms with Gasteiger partial charge in [-0.1, -0.05) is 13.3 Å². The number of esters is 1. The van der Waals surface area contributed by atoms with Crippen molar-refractivity contribution in [3.63, 3.8) is 0 Å². The molecule has 2 aliphatic heterocycles. The normalized spacial score (nSPS) is 20.5. The zero-order valence-electron chi connectivity index (χ0n) is 17.5. The molecule has 1 atom stereocenters. The molecule has 1 aromatic heterocycles. The minimum atomic E-state index is -0.351. The van der Waals surface area contributed by atoms with Gasteiger partial charge in [-0.25, -0.2) is 4.79 Å². The molecule has 1 saturated heterocycles. The summed E-state index contributed by atoms with van der Waals surface area (Å²) in [6.45, 7) is 7.74. The van der Waals surface area contributed by atoms with Crippen LogP contribution in [0.1, 0.15) is 37.4 Å². The van der Waals surface area contributed by atoms with Crippen molar-refractivity contribution in [1.29, 1.82) is 0 Å². The molecule has 7 heteroatoms. The predicted octanol–water partition coefficient (Wildman–Crippen LogP) is 2.19. The van der Waals surface area contributed by atoms with E-state index in [1.807, 2.05) is 6.07 Å². The molecule has 3 heterocycles. The lowest BCUT2D eigenvalue weighted by molar-refractivity contribution is -0.137. The van der Waals surface area contributed by atoms with Crippen LogP contribution in [-0.2, 0) is 20.7 Å². The number of anilines is 1. The van der Waals surface area contributed by atoms with Crippen molar-refractivity contribution in [3.8, 4) is 0 Å². The van der Waals surface area contributed by atoms with Gasteiger partial charge in [0.2, 0.25) is 5.91 Å². The van der Waals surface area contributed by atoms with Crippen molar-refractivity contribution >= 4 is 23.6 Å². The van der Waals surface area contributed by atoms with Gasteiger partial charge in [0.1, 0.15) is 0 Å². The Morgan fingerprint density at radius 3 is 2.90 bits per heavy atom. The van der Waals surface area contributed by atoms with Crippen molar-refractivity contribution in [2.45, 2.75) is 32.6 Å². The summed E-state index contributed by atoms with van der Waals surface area (Å²) in [5.41, 5.74) is 2.54. The molecule has 0 radical (unpaired) electrons. The molecule has 3 rings (SSSR count). The summed E-state index contributed by atoms with van der Waals surface area (Å²) >= 11 is 0. The highest BCUT2D eigenvalue weighted by Gasteiger charge is 2.27. The summed E-state index contributed by atoms with van der Waals surface area (Å²) in [6.07, 6.45) is 8.18. The van der Waals surface area contributed by atoms with Crippen LogP contribution in [0.15, 0.2) is 18.3 Å². The van der Waals surface area contributed by atoms with Crippen LogP contribution in [0.2, 0.25) is 0 Å². The molecular formula is C22H32N4O3. The molecular weight excluding hydrogens is 368 g/mol. The van der Waals surface area contributed by atoms with E-state index in [4.69, 9.17) is 4.74 Å². The molecule has 2 aliphatic rings. The second-order valence-corrected chi connectivity index (χ2v) is 7.94. The van der Waals surface area contributed by atoms with Crippen molar-refractivity contribution < 1.29 is 14.3 Å². The van der Waals surface area contributed by atoms with Gasteiger partial charge in [-0.3, -0.25) is 9.78 Å². The van der Waals surface area contributed by atoms with Crippen LogP contribution in [0.4, 0.5) is 5.69 Å². The van der Waals surface area contributed by atoms with Crippen LogP contribution >= 0.6 is 0 Å². The van der Waals surface area contributed by atoms with E-state index in [9.17, 15) is 9.59 Å². The van der Waals surface area contributed by atoms with Gasteiger partial charge in [-0.2, -0.15) is 0 Å². The first-order chi connectivity index (χ1) is 14.0. The summed E-state index contributed by atoms with van der Waals surface area (Å²) in [5.74, 6) is -0.298. The lowest BCUT2D eigenvalue weighted by atomic mass is 9.91. The standard InChI is InChI=1S/C22H32N4O3/c1-3-4-13-29-21(27)6-5-19-15-18-14-17(22(28)24-20(18)16-23-19)7-8-26-11-9-25(2)10-12-26/h5-6,15-17H,3-4,7-14H2,1-2H3,(H,24,28). The van der Waals surface area contributed by atoms with Gasteiger partial charge in [0.15, 0.2) is 0 Å². The molecule has 0 aromatic carbocycles. The second-order valence-electron chi connectivity index (χ2n) is 7.94. The van der Waals surface area contributed by atoms with Crippen LogP contribution < -0.4 is 5.32 Å². The maximum atomic E-state index is 12.5. The van der Waals surface area contributed by atoms with Crippen LogP contribution in [0, 0.1) is 5.92 Å². The van der Waals surface area contributed by atoms with Crippen molar-refractivity contribution in [1.82, 2.24) is 14.8 Å². The SMILES string of the molecule is CCCCOC(=O)C=Cc1cc2c(cn1)NC(=O)C(CCN1CCN(C)CC1)C2. The Labute approximate surface area is 173 Å². The van der Waals surface area contributed by atoms with E-state index in [1.165, 1.54) is 6.08 Å². The summed E-state index contributed by atoms with van der Waals surface area (Å²) in [4.78, 5) is 33.3. The largest absolute Gasteiger partial charge is 0.463 e. The van der Waals surface area contributed by atoms with E-state index in [0.29, 0.717) is 18.7 Å². The van der Waals surface area contributed by atoms with Gasteiger partial charge in [0.25, 0.3) is 0 Å². The summed E-state index contributed by atoms with van der Waals surface area (Å²) in [6, 6.07) is 1.95. The number of carbonyl (C=O) groups is 2. The third-order valence-electron chi connectivity index (χ3n) is 5.63. The van der Waals surface area contributed by atoms with Crippen LogP contribution in [0.5, 0.6) is 0 Å². The molecule has 1 aromatic rings. The predicted molar refractivity (Wildman–Crippen MR) is 114 cm³/mol. The lowest BCUT2D eigenvalue weighted by Gasteiger charge is -2.33.